The molecule has 1 aromatic heterocycles. The van der Waals surface area contributed by atoms with Crippen molar-refractivity contribution in [1.82, 2.24) is 10.3 Å². The molecule has 0 spiro atoms. The molecule has 2 rings (SSSR count). The maximum Gasteiger partial charge on any atom is 0.212 e. The van der Waals surface area contributed by atoms with Gasteiger partial charge < -0.3 is 10.1 Å². The van der Waals surface area contributed by atoms with Gasteiger partial charge in [0.2, 0.25) is 5.88 Å². The van der Waals surface area contributed by atoms with E-state index in [-0.39, 0.29) is 11.9 Å². The molecule has 1 heterocycles. The lowest BCUT2D eigenvalue weighted by Crippen LogP contribution is -2.17. The summed E-state index contributed by atoms with van der Waals surface area (Å²) in [7, 11) is 1.56. The van der Waals surface area contributed by atoms with E-state index in [1.807, 2.05) is 25.1 Å². The van der Waals surface area contributed by atoms with Crippen LogP contribution < -0.4 is 10.1 Å². The first kappa shape index (κ1) is 14.5. The van der Waals surface area contributed by atoms with Crippen LogP contribution in [-0.4, -0.2) is 18.6 Å². The van der Waals surface area contributed by atoms with Crippen LogP contribution in [0, 0.1) is 5.82 Å². The highest BCUT2D eigenvalue weighted by molar-refractivity contribution is 5.64. The van der Waals surface area contributed by atoms with Crippen molar-refractivity contribution in [2.75, 3.05) is 13.7 Å². The minimum Gasteiger partial charge on any atom is -0.481 e. The van der Waals surface area contributed by atoms with Crippen LogP contribution in [0.3, 0.4) is 0 Å². The average molecular weight is 274 g/mol. The van der Waals surface area contributed by atoms with Crippen LogP contribution >= 0.6 is 0 Å². The van der Waals surface area contributed by atoms with Gasteiger partial charge in [0.15, 0.2) is 0 Å². The summed E-state index contributed by atoms with van der Waals surface area (Å²) < 4.78 is 19.0. The highest BCUT2D eigenvalue weighted by atomic mass is 19.1. The third-order valence-corrected chi connectivity index (χ3v) is 3.26. The number of aromatic nitrogens is 1. The van der Waals surface area contributed by atoms with Gasteiger partial charge in [0, 0.05) is 29.4 Å². The summed E-state index contributed by atoms with van der Waals surface area (Å²) in [6.45, 7) is 4.99. The van der Waals surface area contributed by atoms with Crippen molar-refractivity contribution in [3.8, 4) is 17.0 Å². The van der Waals surface area contributed by atoms with Crippen LogP contribution in [0.25, 0.3) is 11.1 Å². The molecule has 1 aromatic carbocycles. The first-order chi connectivity index (χ1) is 9.65. The van der Waals surface area contributed by atoms with E-state index < -0.39 is 0 Å². The van der Waals surface area contributed by atoms with Crippen LogP contribution in [0.15, 0.2) is 36.5 Å². The van der Waals surface area contributed by atoms with Crippen LogP contribution in [0.4, 0.5) is 4.39 Å². The Bertz CT molecular complexity index is 569. The van der Waals surface area contributed by atoms with Gasteiger partial charge >= 0.3 is 0 Å². The number of hydrogen-bond acceptors (Lipinski definition) is 3. The van der Waals surface area contributed by atoms with Crippen LogP contribution in [0.2, 0.25) is 0 Å². The van der Waals surface area contributed by atoms with Gasteiger partial charge in [0.1, 0.15) is 5.82 Å². The second kappa shape index (κ2) is 6.48. The summed E-state index contributed by atoms with van der Waals surface area (Å²) in [4.78, 5) is 4.12. The second-order valence-corrected chi connectivity index (χ2v) is 4.61. The van der Waals surface area contributed by atoms with E-state index in [4.69, 9.17) is 4.74 Å². The molecule has 0 radical (unpaired) electrons. The predicted molar refractivity (Wildman–Crippen MR) is 78.3 cm³/mol. The summed E-state index contributed by atoms with van der Waals surface area (Å²) in [6.07, 6.45) is 1.62. The molecule has 0 saturated carbocycles. The van der Waals surface area contributed by atoms with E-state index in [1.165, 1.54) is 6.07 Å². The predicted octanol–water partition coefficient (Wildman–Crippen LogP) is 3.57. The number of hydrogen-bond donors (Lipinski definition) is 1. The van der Waals surface area contributed by atoms with Crippen LogP contribution in [-0.2, 0) is 0 Å². The van der Waals surface area contributed by atoms with Gasteiger partial charge in [-0.25, -0.2) is 9.37 Å². The summed E-state index contributed by atoms with van der Waals surface area (Å²) >= 11 is 0. The normalized spacial score (nSPS) is 12.2. The van der Waals surface area contributed by atoms with E-state index in [1.54, 1.807) is 19.4 Å². The van der Waals surface area contributed by atoms with E-state index in [2.05, 4.69) is 17.2 Å². The molecular formula is C16H19FN2O. The fraction of sp³-hybridized carbons (Fsp3) is 0.312. The van der Waals surface area contributed by atoms with Gasteiger partial charge in [0.05, 0.1) is 7.11 Å². The fourth-order valence-corrected chi connectivity index (χ4v) is 2.12. The monoisotopic (exact) mass is 274 g/mol. The minimum atomic E-state index is -0.246. The average Bonchev–Trinajstić information content (AvgIpc) is 2.48. The summed E-state index contributed by atoms with van der Waals surface area (Å²) in [5.74, 6) is 0.274. The standard InChI is InChI=1S/C16H19FN2O/c1-4-18-11(2)12-5-7-15(17)14(9-12)13-6-8-16(20-3)19-10-13/h5-11,18H,4H2,1-3H3. The summed E-state index contributed by atoms with van der Waals surface area (Å²) in [5, 5.41) is 3.32. The number of rotatable bonds is 5. The number of benzene rings is 1. The highest BCUT2D eigenvalue weighted by Crippen LogP contribution is 2.26. The fourth-order valence-electron chi connectivity index (χ4n) is 2.12. The van der Waals surface area contributed by atoms with Crippen molar-refractivity contribution >= 4 is 0 Å². The van der Waals surface area contributed by atoms with Gasteiger partial charge in [-0.3, -0.25) is 0 Å². The smallest absolute Gasteiger partial charge is 0.212 e. The second-order valence-electron chi connectivity index (χ2n) is 4.61. The number of pyridine rings is 1. The third-order valence-electron chi connectivity index (χ3n) is 3.26. The minimum absolute atomic E-state index is 0.186. The maximum absolute atomic E-state index is 14.0. The van der Waals surface area contributed by atoms with Crippen molar-refractivity contribution in [3.63, 3.8) is 0 Å². The van der Waals surface area contributed by atoms with Crippen molar-refractivity contribution in [3.05, 3.63) is 47.9 Å². The molecule has 0 aliphatic rings. The van der Waals surface area contributed by atoms with Crippen molar-refractivity contribution in [2.45, 2.75) is 19.9 Å². The SMILES string of the molecule is CCNC(C)c1ccc(F)c(-c2ccc(OC)nc2)c1. The number of nitrogens with zero attached hydrogens (tertiary/aromatic N) is 1. The Morgan fingerprint density at radius 1 is 1.30 bits per heavy atom. The van der Waals surface area contributed by atoms with E-state index in [9.17, 15) is 4.39 Å². The molecule has 0 fully saturated rings. The molecule has 2 aromatic rings. The van der Waals surface area contributed by atoms with Crippen LogP contribution in [0.5, 0.6) is 5.88 Å². The van der Waals surface area contributed by atoms with Gasteiger partial charge in [-0.1, -0.05) is 13.0 Å². The molecular weight excluding hydrogens is 255 g/mol. The molecule has 0 bridgehead atoms. The molecule has 4 heteroatoms. The summed E-state index contributed by atoms with van der Waals surface area (Å²) in [6, 6.07) is 8.91. The number of ether oxygens (including phenoxy) is 1. The first-order valence-corrected chi connectivity index (χ1v) is 6.69. The van der Waals surface area contributed by atoms with Gasteiger partial charge in [-0.15, -0.1) is 0 Å². The van der Waals surface area contributed by atoms with Gasteiger partial charge in [0.25, 0.3) is 0 Å². The van der Waals surface area contributed by atoms with Gasteiger partial charge in [-0.05, 0) is 37.2 Å². The Labute approximate surface area is 118 Å². The molecule has 0 aliphatic carbocycles. The molecule has 20 heavy (non-hydrogen) atoms. The van der Waals surface area contributed by atoms with Crippen LogP contribution in [0.1, 0.15) is 25.5 Å². The number of nitrogens with one attached hydrogen (secondary N) is 1. The zero-order chi connectivity index (χ0) is 14.5. The van der Waals surface area contributed by atoms with Crippen molar-refractivity contribution in [1.29, 1.82) is 0 Å². The zero-order valence-corrected chi connectivity index (χ0v) is 12.0. The molecule has 1 unspecified atom stereocenters. The molecule has 1 N–H and O–H groups in total. The molecule has 0 amide bonds. The van der Waals surface area contributed by atoms with Crippen molar-refractivity contribution < 1.29 is 9.13 Å². The van der Waals surface area contributed by atoms with E-state index >= 15 is 0 Å². The number of methoxy groups -OCH3 is 1. The topological polar surface area (TPSA) is 34.1 Å². The Morgan fingerprint density at radius 3 is 2.70 bits per heavy atom. The summed E-state index contributed by atoms with van der Waals surface area (Å²) in [5.41, 5.74) is 2.36. The third kappa shape index (κ3) is 3.14. The lowest BCUT2D eigenvalue weighted by molar-refractivity contribution is 0.398. The molecule has 106 valence electrons. The van der Waals surface area contributed by atoms with E-state index in [0.29, 0.717) is 11.4 Å². The van der Waals surface area contributed by atoms with Gasteiger partial charge in [-0.2, -0.15) is 0 Å². The number of halogens is 1. The lowest BCUT2D eigenvalue weighted by atomic mass is 10.0. The lowest BCUT2D eigenvalue weighted by Gasteiger charge is -2.14. The maximum atomic E-state index is 14.0. The molecule has 0 saturated heterocycles. The Hall–Kier alpha value is -1.94. The largest absolute Gasteiger partial charge is 0.481 e. The molecule has 3 nitrogen and oxygen atoms in total. The molecule has 1 atom stereocenters. The van der Waals surface area contributed by atoms with E-state index in [0.717, 1.165) is 17.7 Å². The highest BCUT2D eigenvalue weighted by Gasteiger charge is 2.10. The van der Waals surface area contributed by atoms with Crippen molar-refractivity contribution in [2.24, 2.45) is 0 Å². The quantitative estimate of drug-likeness (QED) is 0.905. The molecule has 0 aliphatic heterocycles. The zero-order valence-electron chi connectivity index (χ0n) is 12.0. The Balaban J connectivity index is 2.36. The Morgan fingerprint density at radius 2 is 2.10 bits per heavy atom. The first-order valence-electron chi connectivity index (χ1n) is 6.69. The Kier molecular flexibility index (Phi) is 4.69.